The van der Waals surface area contributed by atoms with Crippen LogP contribution in [-0.2, 0) is 16.1 Å². The quantitative estimate of drug-likeness (QED) is 0.775. The molecule has 1 rings (SSSR count). The molecule has 0 fully saturated rings. The van der Waals surface area contributed by atoms with Crippen LogP contribution < -0.4 is 5.73 Å². The molecule has 0 bridgehead atoms. The molecule has 0 heterocycles. The maximum Gasteiger partial charge on any atom is 0.0955 e. The predicted molar refractivity (Wildman–Crippen MR) is 71.2 cm³/mol. The van der Waals surface area contributed by atoms with Gasteiger partial charge in [0, 0.05) is 13.7 Å². The molecule has 3 N–H and O–H groups in total. The highest BCUT2D eigenvalue weighted by Crippen LogP contribution is 2.23. The van der Waals surface area contributed by atoms with Crippen LogP contribution in [0.5, 0.6) is 0 Å². The Balaban J connectivity index is 2.87. The Morgan fingerprint density at radius 1 is 1.28 bits per heavy atom. The standard InChI is InChI=1S/C14H23NO3/c1-10(16)11(2)18-14(8-15)13-7-5-4-6-12(13)9-17-3/h4-7,10-11,14,16H,8-9,15H2,1-3H3. The number of methoxy groups -OCH3 is 1. The first-order valence-corrected chi connectivity index (χ1v) is 6.20. The van der Waals surface area contributed by atoms with Crippen molar-refractivity contribution in [3.63, 3.8) is 0 Å². The fraction of sp³-hybridized carbons (Fsp3) is 0.571. The molecule has 0 saturated heterocycles. The molecule has 18 heavy (non-hydrogen) atoms. The Morgan fingerprint density at radius 3 is 2.50 bits per heavy atom. The van der Waals surface area contributed by atoms with E-state index in [1.54, 1.807) is 14.0 Å². The van der Waals surface area contributed by atoms with Crippen molar-refractivity contribution in [3.05, 3.63) is 35.4 Å². The molecule has 0 aliphatic rings. The molecule has 0 aliphatic heterocycles. The van der Waals surface area contributed by atoms with Crippen molar-refractivity contribution in [2.75, 3.05) is 13.7 Å². The van der Waals surface area contributed by atoms with Gasteiger partial charge in [0.1, 0.15) is 0 Å². The minimum absolute atomic E-state index is 0.221. The van der Waals surface area contributed by atoms with Crippen LogP contribution in [0.25, 0.3) is 0 Å². The molecule has 4 heteroatoms. The SMILES string of the molecule is COCc1ccccc1C(CN)OC(C)C(C)O. The van der Waals surface area contributed by atoms with Gasteiger partial charge in [-0.2, -0.15) is 0 Å². The molecular weight excluding hydrogens is 230 g/mol. The third kappa shape index (κ3) is 4.07. The van der Waals surface area contributed by atoms with E-state index < -0.39 is 6.10 Å². The zero-order chi connectivity index (χ0) is 13.5. The third-order valence-electron chi connectivity index (χ3n) is 2.97. The lowest BCUT2D eigenvalue weighted by atomic mass is 10.0. The van der Waals surface area contributed by atoms with E-state index in [2.05, 4.69) is 0 Å². The van der Waals surface area contributed by atoms with Crippen molar-refractivity contribution in [2.45, 2.75) is 38.8 Å². The second kappa shape index (κ2) is 7.48. The largest absolute Gasteiger partial charge is 0.391 e. The highest BCUT2D eigenvalue weighted by molar-refractivity contribution is 5.29. The first kappa shape index (κ1) is 15.1. The summed E-state index contributed by atoms with van der Waals surface area (Å²) in [6, 6.07) is 7.90. The van der Waals surface area contributed by atoms with E-state index in [4.69, 9.17) is 15.2 Å². The third-order valence-corrected chi connectivity index (χ3v) is 2.97. The molecule has 102 valence electrons. The van der Waals surface area contributed by atoms with E-state index in [1.807, 2.05) is 31.2 Å². The lowest BCUT2D eigenvalue weighted by Gasteiger charge is -2.25. The van der Waals surface area contributed by atoms with Crippen molar-refractivity contribution >= 4 is 0 Å². The summed E-state index contributed by atoms with van der Waals surface area (Å²) in [7, 11) is 1.66. The second-order valence-corrected chi connectivity index (χ2v) is 4.44. The van der Waals surface area contributed by atoms with Gasteiger partial charge in [-0.3, -0.25) is 0 Å². The summed E-state index contributed by atoms with van der Waals surface area (Å²) in [5.41, 5.74) is 7.86. The minimum atomic E-state index is -0.520. The molecule has 0 radical (unpaired) electrons. The van der Waals surface area contributed by atoms with Crippen molar-refractivity contribution < 1.29 is 14.6 Å². The number of aliphatic hydroxyl groups is 1. The summed E-state index contributed by atoms with van der Waals surface area (Å²) in [6.45, 7) is 4.45. The fourth-order valence-electron chi connectivity index (χ4n) is 1.76. The molecule has 1 aromatic carbocycles. The Morgan fingerprint density at radius 2 is 1.94 bits per heavy atom. The first-order chi connectivity index (χ1) is 8.60. The number of hydrogen-bond donors (Lipinski definition) is 2. The summed E-state index contributed by atoms with van der Waals surface area (Å²) in [6.07, 6.45) is -0.997. The van der Waals surface area contributed by atoms with Crippen molar-refractivity contribution in [3.8, 4) is 0 Å². The highest BCUT2D eigenvalue weighted by atomic mass is 16.5. The minimum Gasteiger partial charge on any atom is -0.391 e. The number of ether oxygens (including phenoxy) is 2. The lowest BCUT2D eigenvalue weighted by molar-refractivity contribution is -0.0597. The van der Waals surface area contributed by atoms with Crippen LogP contribution in [0.3, 0.4) is 0 Å². The van der Waals surface area contributed by atoms with Gasteiger partial charge in [-0.25, -0.2) is 0 Å². The van der Waals surface area contributed by atoms with E-state index >= 15 is 0 Å². The zero-order valence-corrected chi connectivity index (χ0v) is 11.3. The molecule has 4 nitrogen and oxygen atoms in total. The summed E-state index contributed by atoms with van der Waals surface area (Å²) in [5, 5.41) is 9.49. The predicted octanol–water partition coefficient (Wildman–Crippen LogP) is 1.62. The van der Waals surface area contributed by atoms with Gasteiger partial charge in [0.05, 0.1) is 24.9 Å². The fourth-order valence-corrected chi connectivity index (χ4v) is 1.76. The second-order valence-electron chi connectivity index (χ2n) is 4.44. The van der Waals surface area contributed by atoms with Gasteiger partial charge < -0.3 is 20.3 Å². The number of nitrogens with two attached hydrogens (primary N) is 1. The van der Waals surface area contributed by atoms with Crippen molar-refractivity contribution in [1.82, 2.24) is 0 Å². The molecule has 0 aliphatic carbocycles. The normalized spacial score (nSPS) is 16.3. The van der Waals surface area contributed by atoms with Crippen LogP contribution >= 0.6 is 0 Å². The van der Waals surface area contributed by atoms with E-state index in [0.717, 1.165) is 11.1 Å². The Labute approximate surface area is 109 Å². The van der Waals surface area contributed by atoms with Gasteiger partial charge >= 0.3 is 0 Å². The van der Waals surface area contributed by atoms with Crippen LogP contribution in [0.15, 0.2) is 24.3 Å². The molecule has 1 aromatic rings. The first-order valence-electron chi connectivity index (χ1n) is 6.20. The Kier molecular flexibility index (Phi) is 6.29. The van der Waals surface area contributed by atoms with E-state index in [0.29, 0.717) is 13.2 Å². The molecule has 0 aromatic heterocycles. The van der Waals surface area contributed by atoms with E-state index in [9.17, 15) is 5.11 Å². The average Bonchev–Trinajstić information content (AvgIpc) is 2.37. The molecule has 0 saturated carbocycles. The van der Waals surface area contributed by atoms with Crippen LogP contribution in [0.4, 0.5) is 0 Å². The maximum atomic E-state index is 9.49. The maximum absolute atomic E-state index is 9.49. The number of hydrogen-bond acceptors (Lipinski definition) is 4. The lowest BCUT2D eigenvalue weighted by Crippen LogP contribution is -2.28. The molecule has 0 amide bonds. The molecule has 3 unspecified atom stereocenters. The van der Waals surface area contributed by atoms with Gasteiger partial charge in [-0.1, -0.05) is 24.3 Å². The van der Waals surface area contributed by atoms with Gasteiger partial charge in [0.25, 0.3) is 0 Å². The van der Waals surface area contributed by atoms with Crippen LogP contribution in [0.1, 0.15) is 31.1 Å². The number of aliphatic hydroxyl groups excluding tert-OH is 1. The van der Waals surface area contributed by atoms with Crippen LogP contribution in [0.2, 0.25) is 0 Å². The summed E-state index contributed by atoms with van der Waals surface area (Å²) in [4.78, 5) is 0. The van der Waals surface area contributed by atoms with Crippen molar-refractivity contribution in [1.29, 1.82) is 0 Å². The van der Waals surface area contributed by atoms with Crippen LogP contribution in [-0.4, -0.2) is 31.0 Å². The Bertz CT molecular complexity index is 355. The van der Waals surface area contributed by atoms with E-state index in [1.165, 1.54) is 0 Å². The number of benzene rings is 1. The van der Waals surface area contributed by atoms with E-state index in [-0.39, 0.29) is 12.2 Å². The smallest absolute Gasteiger partial charge is 0.0955 e. The van der Waals surface area contributed by atoms with Crippen molar-refractivity contribution in [2.24, 2.45) is 5.73 Å². The molecule has 0 spiro atoms. The van der Waals surface area contributed by atoms with Crippen LogP contribution in [0, 0.1) is 0 Å². The van der Waals surface area contributed by atoms with Gasteiger partial charge in [-0.15, -0.1) is 0 Å². The number of rotatable bonds is 7. The van der Waals surface area contributed by atoms with Gasteiger partial charge in [-0.05, 0) is 25.0 Å². The monoisotopic (exact) mass is 253 g/mol. The molecule has 3 atom stereocenters. The van der Waals surface area contributed by atoms with Gasteiger partial charge in [0.2, 0.25) is 0 Å². The summed E-state index contributed by atoms with van der Waals surface area (Å²) < 4.78 is 11.0. The Hall–Kier alpha value is -0.940. The zero-order valence-electron chi connectivity index (χ0n) is 11.3. The topological polar surface area (TPSA) is 64.7 Å². The summed E-state index contributed by atoms with van der Waals surface area (Å²) >= 11 is 0. The highest BCUT2D eigenvalue weighted by Gasteiger charge is 2.19. The van der Waals surface area contributed by atoms with Gasteiger partial charge in [0.15, 0.2) is 0 Å². The summed E-state index contributed by atoms with van der Waals surface area (Å²) in [5.74, 6) is 0. The molecular formula is C14H23NO3. The average molecular weight is 253 g/mol.